The minimum absolute atomic E-state index is 0.425. The van der Waals surface area contributed by atoms with Gasteiger partial charge in [0.25, 0.3) is 11.8 Å². The number of amides is 4. The van der Waals surface area contributed by atoms with E-state index in [0.29, 0.717) is 17.2 Å². The summed E-state index contributed by atoms with van der Waals surface area (Å²) in [7, 11) is 0. The van der Waals surface area contributed by atoms with Crippen LogP contribution in [0.2, 0.25) is 0 Å². The van der Waals surface area contributed by atoms with Crippen LogP contribution < -0.4 is 10.7 Å². The fourth-order valence-corrected chi connectivity index (χ4v) is 3.94. The van der Waals surface area contributed by atoms with Crippen LogP contribution in [-0.2, 0) is 11.3 Å². The van der Waals surface area contributed by atoms with Gasteiger partial charge in [0.15, 0.2) is 0 Å². The van der Waals surface area contributed by atoms with Gasteiger partial charge < -0.3 is 5.32 Å². The lowest BCUT2D eigenvalue weighted by molar-refractivity contribution is -0.132. The van der Waals surface area contributed by atoms with E-state index in [1.807, 2.05) is 11.6 Å². The molecule has 1 aliphatic rings. The van der Waals surface area contributed by atoms with Crippen molar-refractivity contribution in [3.05, 3.63) is 16.6 Å². The number of hydrogen-bond donors (Lipinski definition) is 2. The van der Waals surface area contributed by atoms with Crippen molar-refractivity contribution in [2.75, 3.05) is 0 Å². The minimum Gasteiger partial charge on any atom is -0.322 e. The maximum atomic E-state index is 12.6. The third kappa shape index (κ3) is 2.96. The van der Waals surface area contributed by atoms with Crippen molar-refractivity contribution in [3.63, 3.8) is 0 Å². The van der Waals surface area contributed by atoms with E-state index in [0.717, 1.165) is 27.5 Å². The van der Waals surface area contributed by atoms with E-state index in [4.69, 9.17) is 0 Å². The molecule has 0 spiro atoms. The Hall–Kier alpha value is -2.42. The van der Waals surface area contributed by atoms with Crippen LogP contribution in [0.3, 0.4) is 0 Å². The molecule has 0 saturated carbocycles. The molecule has 4 amide bonds. The molecule has 2 aromatic heterocycles. The van der Waals surface area contributed by atoms with Gasteiger partial charge in [0.05, 0.1) is 10.6 Å². The Morgan fingerprint density at radius 2 is 2.12 bits per heavy atom. The van der Waals surface area contributed by atoms with E-state index >= 15 is 0 Å². The minimum atomic E-state index is -0.987. The first kappa shape index (κ1) is 18.4. The van der Waals surface area contributed by atoms with E-state index < -0.39 is 23.4 Å². The van der Waals surface area contributed by atoms with E-state index in [9.17, 15) is 14.4 Å². The number of nitrogens with one attached hydrogen (secondary N) is 2. The highest BCUT2D eigenvalue weighted by Crippen LogP contribution is 2.29. The molecule has 9 heteroatoms. The molecule has 0 radical (unpaired) electrons. The van der Waals surface area contributed by atoms with E-state index in [-0.39, 0.29) is 0 Å². The summed E-state index contributed by atoms with van der Waals surface area (Å²) in [5.74, 6) is -0.512. The molecule has 0 bridgehead atoms. The molecular formula is C17H23N5O3S. The van der Waals surface area contributed by atoms with Gasteiger partial charge in [-0.05, 0) is 32.3 Å². The highest BCUT2D eigenvalue weighted by molar-refractivity contribution is 7.20. The number of hydrogen-bond acceptors (Lipinski definition) is 5. The summed E-state index contributed by atoms with van der Waals surface area (Å²) in [5, 5.41) is 8.81. The molecular weight excluding hydrogens is 354 g/mol. The van der Waals surface area contributed by atoms with Crippen molar-refractivity contribution in [1.29, 1.82) is 0 Å². The number of carbonyl (C=O) groups is 3. The topological polar surface area (TPSA) is 96.3 Å². The SMILES string of the molecule is CC[C@]1(C)NC(=O)N(NC(=O)c2cc3c(C)nn(CC(C)C)c3s2)C1=O. The van der Waals surface area contributed by atoms with Crippen LogP contribution in [0.5, 0.6) is 0 Å². The first-order chi connectivity index (χ1) is 12.2. The van der Waals surface area contributed by atoms with Crippen LogP contribution in [0.1, 0.15) is 49.5 Å². The molecule has 140 valence electrons. The predicted molar refractivity (Wildman–Crippen MR) is 98.7 cm³/mol. The van der Waals surface area contributed by atoms with Crippen LogP contribution >= 0.6 is 11.3 Å². The molecule has 0 aliphatic carbocycles. The van der Waals surface area contributed by atoms with Gasteiger partial charge in [-0.3, -0.25) is 19.7 Å². The summed E-state index contributed by atoms with van der Waals surface area (Å²) in [6, 6.07) is 1.14. The number of nitrogens with zero attached hydrogens (tertiary/aromatic N) is 3. The largest absolute Gasteiger partial charge is 0.344 e. The lowest BCUT2D eigenvalue weighted by Crippen LogP contribution is -2.48. The van der Waals surface area contributed by atoms with Gasteiger partial charge in [-0.2, -0.15) is 10.1 Å². The third-order valence-corrected chi connectivity index (χ3v) is 5.70. The molecule has 1 saturated heterocycles. The third-order valence-electron chi connectivity index (χ3n) is 4.55. The number of urea groups is 1. The summed E-state index contributed by atoms with van der Waals surface area (Å²) in [6.45, 7) is 10.3. The zero-order valence-corrected chi connectivity index (χ0v) is 16.4. The number of fused-ring (bicyclic) bond motifs is 1. The monoisotopic (exact) mass is 377 g/mol. The maximum absolute atomic E-state index is 12.6. The van der Waals surface area contributed by atoms with Crippen molar-refractivity contribution in [1.82, 2.24) is 25.5 Å². The Kier molecular flexibility index (Phi) is 4.51. The predicted octanol–water partition coefficient (Wildman–Crippen LogP) is 2.43. The molecule has 0 aromatic carbocycles. The van der Waals surface area contributed by atoms with E-state index in [1.54, 1.807) is 19.9 Å². The fraction of sp³-hybridized carbons (Fsp3) is 0.529. The van der Waals surface area contributed by atoms with Crippen molar-refractivity contribution < 1.29 is 14.4 Å². The quantitative estimate of drug-likeness (QED) is 0.782. The van der Waals surface area contributed by atoms with Crippen LogP contribution in [0.4, 0.5) is 4.79 Å². The fourth-order valence-electron chi connectivity index (χ4n) is 2.88. The second kappa shape index (κ2) is 6.39. The molecule has 26 heavy (non-hydrogen) atoms. The molecule has 8 nitrogen and oxygen atoms in total. The van der Waals surface area contributed by atoms with Gasteiger partial charge in [0.1, 0.15) is 10.4 Å². The standard InChI is InChI=1S/C17H23N5O3S/c1-6-17(5)15(24)22(16(25)18-17)20-13(23)12-7-11-10(4)19-21(8-9(2)3)14(11)26-12/h7,9H,6,8H2,1-5H3,(H,18,25)(H,20,23)/t17-/m0/s1. The molecule has 1 aliphatic heterocycles. The molecule has 3 rings (SSSR count). The summed E-state index contributed by atoms with van der Waals surface area (Å²) < 4.78 is 1.90. The zero-order chi connectivity index (χ0) is 19.2. The molecule has 2 N–H and O–H groups in total. The van der Waals surface area contributed by atoms with Crippen molar-refractivity contribution in [2.45, 2.75) is 53.1 Å². The van der Waals surface area contributed by atoms with Gasteiger partial charge in [0.2, 0.25) is 0 Å². The summed E-state index contributed by atoms with van der Waals surface area (Å²) in [5.41, 5.74) is 2.29. The number of aromatic nitrogens is 2. The number of imide groups is 1. The van der Waals surface area contributed by atoms with Gasteiger partial charge in [-0.15, -0.1) is 11.3 Å². The maximum Gasteiger partial charge on any atom is 0.344 e. The van der Waals surface area contributed by atoms with E-state index in [1.165, 1.54) is 11.3 Å². The highest BCUT2D eigenvalue weighted by Gasteiger charge is 2.47. The second-order valence-electron chi connectivity index (χ2n) is 7.19. The summed E-state index contributed by atoms with van der Waals surface area (Å²) >= 11 is 1.31. The smallest absolute Gasteiger partial charge is 0.322 e. The number of aryl methyl sites for hydroxylation is 1. The van der Waals surface area contributed by atoms with Crippen LogP contribution in [0.25, 0.3) is 10.2 Å². The summed E-state index contributed by atoms with van der Waals surface area (Å²) in [4.78, 5) is 38.4. The lowest BCUT2D eigenvalue weighted by atomic mass is 10.00. The van der Waals surface area contributed by atoms with Gasteiger partial charge in [-0.25, -0.2) is 4.79 Å². The van der Waals surface area contributed by atoms with Crippen LogP contribution in [-0.4, -0.2) is 38.2 Å². The Bertz CT molecular complexity index is 900. The number of hydrazine groups is 1. The Labute approximate surface area is 155 Å². The second-order valence-corrected chi connectivity index (χ2v) is 8.22. The molecule has 1 atom stereocenters. The number of rotatable bonds is 5. The Balaban J connectivity index is 1.85. The summed E-state index contributed by atoms with van der Waals surface area (Å²) in [6.07, 6.45) is 0.442. The average Bonchev–Trinajstić information content (AvgIpc) is 3.18. The first-order valence-corrected chi connectivity index (χ1v) is 9.42. The molecule has 1 fully saturated rings. The zero-order valence-electron chi connectivity index (χ0n) is 15.5. The van der Waals surface area contributed by atoms with Gasteiger partial charge in [0, 0.05) is 11.9 Å². The van der Waals surface area contributed by atoms with Crippen molar-refractivity contribution in [3.8, 4) is 0 Å². The van der Waals surface area contributed by atoms with Crippen LogP contribution in [0, 0.1) is 12.8 Å². The molecule has 0 unspecified atom stereocenters. The van der Waals surface area contributed by atoms with Crippen molar-refractivity contribution in [2.24, 2.45) is 5.92 Å². The van der Waals surface area contributed by atoms with E-state index in [2.05, 4.69) is 29.7 Å². The molecule has 2 aromatic rings. The Morgan fingerprint density at radius 1 is 1.42 bits per heavy atom. The van der Waals surface area contributed by atoms with Gasteiger partial charge >= 0.3 is 6.03 Å². The number of thiophene rings is 1. The first-order valence-electron chi connectivity index (χ1n) is 8.61. The highest BCUT2D eigenvalue weighted by atomic mass is 32.1. The number of carbonyl (C=O) groups excluding carboxylic acids is 3. The van der Waals surface area contributed by atoms with Gasteiger partial charge in [-0.1, -0.05) is 20.8 Å². The average molecular weight is 377 g/mol. The molecule has 3 heterocycles. The Morgan fingerprint density at radius 3 is 2.69 bits per heavy atom. The van der Waals surface area contributed by atoms with Crippen LogP contribution in [0.15, 0.2) is 6.07 Å². The lowest BCUT2D eigenvalue weighted by Gasteiger charge is -2.19. The normalized spacial score (nSPS) is 20.3. The van der Waals surface area contributed by atoms with Crippen molar-refractivity contribution >= 4 is 39.4 Å².